The van der Waals surface area contributed by atoms with Crippen molar-refractivity contribution in [3.05, 3.63) is 17.3 Å². The van der Waals surface area contributed by atoms with E-state index in [4.69, 9.17) is 16.3 Å². The molecule has 17 heavy (non-hydrogen) atoms. The maximum Gasteiger partial charge on any atom is 0.195 e. The zero-order chi connectivity index (χ0) is 11.8. The molecule has 1 aliphatic rings. The molecule has 1 aliphatic heterocycles. The average molecular weight is 272 g/mol. The van der Waals surface area contributed by atoms with Crippen LogP contribution in [0.2, 0.25) is 0 Å². The number of alkyl halides is 1. The Morgan fingerprint density at radius 1 is 1.65 bits per heavy atom. The first-order valence-electron chi connectivity index (χ1n) is 5.61. The summed E-state index contributed by atoms with van der Waals surface area (Å²) in [6.45, 7) is 1.90. The lowest BCUT2D eigenvalue weighted by molar-refractivity contribution is 0.121. The van der Waals surface area contributed by atoms with E-state index in [1.54, 1.807) is 18.4 Å². The maximum absolute atomic E-state index is 6.04. The minimum absolute atomic E-state index is 0.318. The Kier molecular flexibility index (Phi) is 2.98. The van der Waals surface area contributed by atoms with Crippen LogP contribution >= 0.6 is 22.9 Å². The smallest absolute Gasteiger partial charge is 0.195 e. The number of hydrogen-bond acceptors (Lipinski definition) is 4. The highest BCUT2D eigenvalue weighted by molar-refractivity contribution is 7.15. The lowest BCUT2D eigenvalue weighted by atomic mass is 10.3. The van der Waals surface area contributed by atoms with Crippen molar-refractivity contribution in [2.75, 3.05) is 25.1 Å². The maximum atomic E-state index is 6.04. The first-order chi connectivity index (χ1) is 8.33. The number of ether oxygens (including phenoxy) is 1. The monoisotopic (exact) mass is 271 g/mol. The minimum atomic E-state index is 0.318. The second-order valence-electron chi connectivity index (χ2n) is 4.16. The van der Waals surface area contributed by atoms with Crippen molar-refractivity contribution >= 4 is 33.7 Å². The first-order valence-corrected chi connectivity index (χ1v) is 7.03. The number of methoxy groups -OCH3 is 1. The van der Waals surface area contributed by atoms with Gasteiger partial charge in [0.2, 0.25) is 0 Å². The SMILES string of the molecule is COC1CCN(c2nc3sccn3c2CCl)C1. The first kappa shape index (κ1) is 11.3. The molecule has 0 N–H and O–H groups in total. The number of aromatic nitrogens is 2. The van der Waals surface area contributed by atoms with Crippen LogP contribution in [0.15, 0.2) is 11.6 Å². The van der Waals surface area contributed by atoms with Crippen molar-refractivity contribution in [1.82, 2.24) is 9.38 Å². The summed E-state index contributed by atoms with van der Waals surface area (Å²) in [4.78, 5) is 7.94. The molecule has 6 heteroatoms. The average Bonchev–Trinajstić information content (AvgIpc) is 3.02. The van der Waals surface area contributed by atoms with Crippen molar-refractivity contribution in [2.45, 2.75) is 18.4 Å². The zero-order valence-corrected chi connectivity index (χ0v) is 11.2. The molecule has 2 aromatic heterocycles. The molecule has 0 radical (unpaired) electrons. The third-order valence-electron chi connectivity index (χ3n) is 3.24. The molecule has 1 fully saturated rings. The van der Waals surface area contributed by atoms with Gasteiger partial charge < -0.3 is 9.64 Å². The van der Waals surface area contributed by atoms with Gasteiger partial charge in [-0.2, -0.15) is 0 Å². The van der Waals surface area contributed by atoms with Crippen LogP contribution < -0.4 is 4.90 Å². The number of thiazole rings is 1. The number of hydrogen-bond donors (Lipinski definition) is 0. The molecule has 0 bridgehead atoms. The van der Waals surface area contributed by atoms with Crippen LogP contribution in [0, 0.1) is 0 Å². The fourth-order valence-corrected chi connectivity index (χ4v) is 3.29. The van der Waals surface area contributed by atoms with E-state index in [0.29, 0.717) is 12.0 Å². The highest BCUT2D eigenvalue weighted by Gasteiger charge is 2.26. The summed E-state index contributed by atoms with van der Waals surface area (Å²) in [5, 5.41) is 2.03. The van der Waals surface area contributed by atoms with Gasteiger partial charge in [-0.25, -0.2) is 4.98 Å². The third kappa shape index (κ3) is 1.82. The van der Waals surface area contributed by atoms with Crippen LogP contribution in [0.4, 0.5) is 5.82 Å². The summed E-state index contributed by atoms with van der Waals surface area (Å²) in [6, 6.07) is 0. The van der Waals surface area contributed by atoms with Gasteiger partial charge in [-0.3, -0.25) is 4.40 Å². The lowest BCUT2D eigenvalue weighted by Gasteiger charge is -2.16. The van der Waals surface area contributed by atoms with Crippen LogP contribution in [-0.2, 0) is 10.6 Å². The minimum Gasteiger partial charge on any atom is -0.380 e. The topological polar surface area (TPSA) is 29.8 Å². The Labute approximate surface area is 109 Å². The van der Waals surface area contributed by atoms with Gasteiger partial charge in [0.1, 0.15) is 0 Å². The molecule has 4 nitrogen and oxygen atoms in total. The molecular formula is C11H14ClN3OS. The van der Waals surface area contributed by atoms with Crippen molar-refractivity contribution in [1.29, 1.82) is 0 Å². The van der Waals surface area contributed by atoms with E-state index in [1.165, 1.54) is 0 Å². The fourth-order valence-electron chi connectivity index (χ4n) is 2.31. The molecule has 2 aromatic rings. The number of fused-ring (bicyclic) bond motifs is 1. The Balaban J connectivity index is 1.97. The molecule has 0 spiro atoms. The van der Waals surface area contributed by atoms with Crippen LogP contribution in [-0.4, -0.2) is 35.7 Å². The van der Waals surface area contributed by atoms with Crippen LogP contribution in [0.3, 0.4) is 0 Å². The van der Waals surface area contributed by atoms with Gasteiger partial charge in [0, 0.05) is 31.8 Å². The van der Waals surface area contributed by atoms with Gasteiger partial charge >= 0.3 is 0 Å². The summed E-state index contributed by atoms with van der Waals surface area (Å²) >= 11 is 7.68. The van der Waals surface area contributed by atoms with Crippen molar-refractivity contribution in [2.24, 2.45) is 0 Å². The zero-order valence-electron chi connectivity index (χ0n) is 9.60. The van der Waals surface area contributed by atoms with Gasteiger partial charge in [-0.15, -0.1) is 22.9 Å². The molecule has 0 aliphatic carbocycles. The number of imidazole rings is 1. The highest BCUT2D eigenvalue weighted by Crippen LogP contribution is 2.28. The predicted molar refractivity (Wildman–Crippen MR) is 70.3 cm³/mol. The number of rotatable bonds is 3. The van der Waals surface area contributed by atoms with E-state index in [-0.39, 0.29) is 0 Å². The van der Waals surface area contributed by atoms with Gasteiger partial charge in [0.05, 0.1) is 17.7 Å². The molecule has 1 unspecified atom stereocenters. The van der Waals surface area contributed by atoms with E-state index < -0.39 is 0 Å². The summed E-state index contributed by atoms with van der Waals surface area (Å²) in [5.74, 6) is 1.51. The van der Waals surface area contributed by atoms with Gasteiger partial charge in [-0.1, -0.05) is 0 Å². The van der Waals surface area contributed by atoms with E-state index in [1.807, 2.05) is 11.6 Å². The van der Waals surface area contributed by atoms with Gasteiger partial charge in [-0.05, 0) is 6.42 Å². The summed E-state index contributed by atoms with van der Waals surface area (Å²) < 4.78 is 7.46. The molecule has 3 rings (SSSR count). The van der Waals surface area contributed by atoms with E-state index in [9.17, 15) is 0 Å². The van der Waals surface area contributed by atoms with Crippen LogP contribution in [0.5, 0.6) is 0 Å². The van der Waals surface area contributed by atoms with Gasteiger partial charge in [0.25, 0.3) is 0 Å². The Morgan fingerprint density at radius 2 is 2.53 bits per heavy atom. The third-order valence-corrected chi connectivity index (χ3v) is 4.25. The lowest BCUT2D eigenvalue weighted by Crippen LogP contribution is -2.23. The van der Waals surface area contributed by atoms with E-state index in [2.05, 4.69) is 14.3 Å². The molecular weight excluding hydrogens is 258 g/mol. The Bertz CT molecular complexity index is 524. The molecule has 0 saturated carbocycles. The fraction of sp³-hybridized carbons (Fsp3) is 0.545. The molecule has 1 atom stereocenters. The number of nitrogens with zero attached hydrogens (tertiary/aromatic N) is 3. The quantitative estimate of drug-likeness (QED) is 0.803. The highest BCUT2D eigenvalue weighted by atomic mass is 35.5. The van der Waals surface area contributed by atoms with Crippen LogP contribution in [0.25, 0.3) is 4.96 Å². The number of halogens is 1. The molecule has 1 saturated heterocycles. The molecule has 92 valence electrons. The summed E-state index contributed by atoms with van der Waals surface area (Å²) in [7, 11) is 1.77. The standard InChI is InChI=1S/C11H14ClN3OS/c1-16-8-2-3-14(7-8)10-9(6-12)15-4-5-17-11(15)13-10/h4-5,8H,2-3,6-7H2,1H3. The largest absolute Gasteiger partial charge is 0.380 e. The van der Waals surface area contributed by atoms with Crippen molar-refractivity contribution in [3.8, 4) is 0 Å². The predicted octanol–water partition coefficient (Wildman–Crippen LogP) is 2.36. The molecule has 3 heterocycles. The Hall–Kier alpha value is -0.780. The second kappa shape index (κ2) is 4.48. The summed E-state index contributed by atoms with van der Waals surface area (Å²) in [6.07, 6.45) is 3.40. The van der Waals surface area contributed by atoms with Crippen LogP contribution in [0.1, 0.15) is 12.1 Å². The van der Waals surface area contributed by atoms with E-state index >= 15 is 0 Å². The number of anilines is 1. The van der Waals surface area contributed by atoms with Crippen molar-refractivity contribution < 1.29 is 4.74 Å². The van der Waals surface area contributed by atoms with Crippen molar-refractivity contribution in [3.63, 3.8) is 0 Å². The van der Waals surface area contributed by atoms with Gasteiger partial charge in [0.15, 0.2) is 10.8 Å². The molecule has 0 aromatic carbocycles. The summed E-state index contributed by atoms with van der Waals surface area (Å²) in [5.41, 5.74) is 1.08. The Morgan fingerprint density at radius 3 is 3.24 bits per heavy atom. The molecule has 0 amide bonds. The normalized spacial score (nSPS) is 20.6. The van der Waals surface area contributed by atoms with E-state index in [0.717, 1.165) is 36.0 Å². The second-order valence-corrected chi connectivity index (χ2v) is 5.30.